The third kappa shape index (κ3) is 2.71. The first kappa shape index (κ1) is 14.6. The van der Waals surface area contributed by atoms with Gasteiger partial charge in [-0.1, -0.05) is 6.07 Å². The van der Waals surface area contributed by atoms with E-state index in [1.54, 1.807) is 11.0 Å². The smallest absolute Gasteiger partial charge is 0.355 e. The molecule has 2 aromatic heterocycles. The molecule has 3 heterocycles. The molecule has 0 aromatic carbocycles. The van der Waals surface area contributed by atoms with Crippen molar-refractivity contribution >= 4 is 23.2 Å². The number of aromatic nitrogens is 2. The molecule has 1 atom stereocenters. The van der Waals surface area contributed by atoms with E-state index in [9.17, 15) is 9.59 Å². The van der Waals surface area contributed by atoms with E-state index >= 15 is 0 Å². The minimum absolute atomic E-state index is 0.0352. The van der Waals surface area contributed by atoms with Crippen molar-refractivity contribution in [2.75, 3.05) is 6.54 Å². The third-order valence-electron chi connectivity index (χ3n) is 3.65. The summed E-state index contributed by atoms with van der Waals surface area (Å²) in [7, 11) is 0. The lowest BCUT2D eigenvalue weighted by atomic mass is 10.2. The molecule has 1 N–H and O–H groups in total. The van der Waals surface area contributed by atoms with Crippen molar-refractivity contribution in [1.29, 1.82) is 0 Å². The van der Waals surface area contributed by atoms with Crippen molar-refractivity contribution in [3.63, 3.8) is 0 Å². The molecular weight excluding hydrogens is 302 g/mol. The Morgan fingerprint density at radius 2 is 2.14 bits per heavy atom. The molecule has 1 aliphatic heterocycles. The van der Waals surface area contributed by atoms with E-state index in [0.29, 0.717) is 17.2 Å². The lowest BCUT2D eigenvalue weighted by molar-refractivity contribution is 0.0691. The summed E-state index contributed by atoms with van der Waals surface area (Å²) in [5, 5.41) is 11.2. The number of carboxylic acids is 1. The first-order valence-electron chi connectivity index (χ1n) is 6.99. The number of aromatic carboxylic acids is 1. The van der Waals surface area contributed by atoms with E-state index < -0.39 is 5.97 Å². The van der Waals surface area contributed by atoms with Gasteiger partial charge in [-0.2, -0.15) is 0 Å². The summed E-state index contributed by atoms with van der Waals surface area (Å²) in [5.41, 5.74) is 1.25. The zero-order valence-corrected chi connectivity index (χ0v) is 12.8. The number of carbonyl (C=O) groups is 2. The van der Waals surface area contributed by atoms with Crippen LogP contribution in [0.1, 0.15) is 50.6 Å². The summed E-state index contributed by atoms with van der Waals surface area (Å²) in [6.45, 7) is 2.49. The Hall–Kier alpha value is -2.28. The molecule has 0 bridgehead atoms. The fraction of sp³-hybridized carbons (Fsp3) is 0.333. The maximum absolute atomic E-state index is 12.6. The number of rotatable bonds is 3. The van der Waals surface area contributed by atoms with Gasteiger partial charge in [0, 0.05) is 17.6 Å². The predicted octanol–water partition coefficient (Wildman–Crippen LogP) is 2.52. The molecule has 0 radical (unpaired) electrons. The summed E-state index contributed by atoms with van der Waals surface area (Å²) < 4.78 is 0. The van der Waals surface area contributed by atoms with E-state index in [2.05, 4.69) is 9.97 Å². The molecule has 6 nitrogen and oxygen atoms in total. The van der Waals surface area contributed by atoms with Crippen LogP contribution < -0.4 is 0 Å². The Morgan fingerprint density at radius 1 is 1.32 bits per heavy atom. The van der Waals surface area contributed by atoms with Crippen LogP contribution in [0.15, 0.2) is 23.6 Å². The largest absolute Gasteiger partial charge is 0.476 e. The number of aryl methyl sites for hydroxylation is 1. The highest BCUT2D eigenvalue weighted by Crippen LogP contribution is 2.34. The van der Waals surface area contributed by atoms with Crippen LogP contribution in [-0.4, -0.2) is 38.4 Å². The van der Waals surface area contributed by atoms with Gasteiger partial charge in [0.25, 0.3) is 5.91 Å². The number of carbonyl (C=O) groups excluding carboxylic acids is 1. The average molecular weight is 317 g/mol. The number of amides is 1. The topological polar surface area (TPSA) is 83.4 Å². The van der Waals surface area contributed by atoms with Gasteiger partial charge in [0.05, 0.1) is 6.04 Å². The molecule has 1 amide bonds. The molecule has 2 aromatic rings. The lowest BCUT2D eigenvalue weighted by Crippen LogP contribution is -2.31. The second kappa shape index (κ2) is 5.84. The first-order valence-corrected chi connectivity index (χ1v) is 7.87. The van der Waals surface area contributed by atoms with Crippen LogP contribution in [0.25, 0.3) is 0 Å². The molecule has 7 heteroatoms. The quantitative estimate of drug-likeness (QED) is 0.940. The number of thiazole rings is 1. The van der Waals surface area contributed by atoms with Gasteiger partial charge < -0.3 is 10.0 Å². The normalized spacial score (nSPS) is 17.7. The summed E-state index contributed by atoms with van der Waals surface area (Å²) >= 11 is 1.29. The molecule has 0 saturated carbocycles. The number of nitrogens with zero attached hydrogens (tertiary/aromatic N) is 3. The van der Waals surface area contributed by atoms with Crippen molar-refractivity contribution in [1.82, 2.24) is 14.9 Å². The monoisotopic (exact) mass is 317 g/mol. The molecule has 114 valence electrons. The highest BCUT2D eigenvalue weighted by Gasteiger charge is 2.33. The standard InChI is InChI=1S/C15H15N3O3S/c1-9-4-2-5-10(16-9)14(19)18-7-3-6-12(18)13-17-11(8-22-13)15(20)21/h2,4-5,8,12H,3,6-7H2,1H3,(H,20,21)/t12-/m0/s1. The van der Waals surface area contributed by atoms with Crippen molar-refractivity contribution in [2.24, 2.45) is 0 Å². The maximum atomic E-state index is 12.6. The van der Waals surface area contributed by atoms with Gasteiger partial charge in [0.2, 0.25) is 0 Å². The van der Waals surface area contributed by atoms with Crippen molar-refractivity contribution < 1.29 is 14.7 Å². The first-order chi connectivity index (χ1) is 10.6. The van der Waals surface area contributed by atoms with E-state index in [0.717, 1.165) is 18.5 Å². The van der Waals surface area contributed by atoms with Crippen molar-refractivity contribution in [2.45, 2.75) is 25.8 Å². The number of hydrogen-bond acceptors (Lipinski definition) is 5. The molecule has 22 heavy (non-hydrogen) atoms. The Balaban J connectivity index is 1.86. The fourth-order valence-corrected chi connectivity index (χ4v) is 3.55. The summed E-state index contributed by atoms with van der Waals surface area (Å²) in [4.78, 5) is 33.8. The zero-order chi connectivity index (χ0) is 15.7. The number of pyridine rings is 1. The second-order valence-electron chi connectivity index (χ2n) is 5.20. The lowest BCUT2D eigenvalue weighted by Gasteiger charge is -2.22. The summed E-state index contributed by atoms with van der Waals surface area (Å²) in [6.07, 6.45) is 1.67. The Morgan fingerprint density at radius 3 is 2.82 bits per heavy atom. The Kier molecular flexibility index (Phi) is 3.89. The molecule has 1 aliphatic rings. The second-order valence-corrected chi connectivity index (χ2v) is 6.09. The van der Waals surface area contributed by atoms with Crippen LogP contribution >= 0.6 is 11.3 Å². The van der Waals surface area contributed by atoms with Crippen LogP contribution in [0, 0.1) is 6.92 Å². The van der Waals surface area contributed by atoms with E-state index in [1.165, 1.54) is 16.7 Å². The maximum Gasteiger partial charge on any atom is 0.355 e. The van der Waals surface area contributed by atoms with Crippen LogP contribution in [0.4, 0.5) is 0 Å². The van der Waals surface area contributed by atoms with E-state index in [1.807, 2.05) is 19.1 Å². The van der Waals surface area contributed by atoms with Crippen LogP contribution in [0.3, 0.4) is 0 Å². The number of likely N-dealkylation sites (tertiary alicyclic amines) is 1. The number of carboxylic acid groups (broad SMARTS) is 1. The van der Waals surface area contributed by atoms with Crippen LogP contribution in [0.5, 0.6) is 0 Å². The van der Waals surface area contributed by atoms with Gasteiger partial charge in [-0.25, -0.2) is 14.8 Å². The van der Waals surface area contributed by atoms with Crippen molar-refractivity contribution in [3.05, 3.63) is 45.7 Å². The van der Waals surface area contributed by atoms with E-state index in [4.69, 9.17) is 5.11 Å². The SMILES string of the molecule is Cc1cccc(C(=O)N2CCC[C@H]2c2nc(C(=O)O)cs2)n1. The minimum atomic E-state index is -1.04. The summed E-state index contributed by atoms with van der Waals surface area (Å²) in [5.74, 6) is -1.17. The van der Waals surface area contributed by atoms with Crippen LogP contribution in [-0.2, 0) is 0 Å². The Bertz CT molecular complexity index is 728. The highest BCUT2D eigenvalue weighted by molar-refractivity contribution is 7.09. The third-order valence-corrected chi connectivity index (χ3v) is 4.59. The number of hydrogen-bond donors (Lipinski definition) is 1. The van der Waals surface area contributed by atoms with Crippen molar-refractivity contribution in [3.8, 4) is 0 Å². The average Bonchev–Trinajstić information content (AvgIpc) is 3.15. The molecule has 3 rings (SSSR count). The molecular formula is C15H15N3O3S. The van der Waals surface area contributed by atoms with Gasteiger partial charge >= 0.3 is 5.97 Å². The minimum Gasteiger partial charge on any atom is -0.476 e. The molecule has 0 unspecified atom stereocenters. The molecule has 1 saturated heterocycles. The highest BCUT2D eigenvalue weighted by atomic mass is 32.1. The van der Waals surface area contributed by atoms with Crippen LogP contribution in [0.2, 0.25) is 0 Å². The fourth-order valence-electron chi connectivity index (χ4n) is 2.61. The van der Waals surface area contributed by atoms with Gasteiger partial charge in [-0.05, 0) is 31.9 Å². The Labute approximate surface area is 131 Å². The van der Waals surface area contributed by atoms with E-state index in [-0.39, 0.29) is 17.6 Å². The predicted molar refractivity (Wildman–Crippen MR) is 81.1 cm³/mol. The van der Waals surface area contributed by atoms with Gasteiger partial charge in [0.1, 0.15) is 10.7 Å². The molecule has 1 fully saturated rings. The van der Waals surface area contributed by atoms with Gasteiger partial charge in [-0.15, -0.1) is 11.3 Å². The summed E-state index contributed by atoms with van der Waals surface area (Å²) in [6, 6.07) is 5.20. The molecule has 0 aliphatic carbocycles. The molecule has 0 spiro atoms. The zero-order valence-electron chi connectivity index (χ0n) is 12.0. The van der Waals surface area contributed by atoms with Gasteiger partial charge in [0.15, 0.2) is 5.69 Å². The van der Waals surface area contributed by atoms with Gasteiger partial charge in [-0.3, -0.25) is 4.79 Å².